The van der Waals surface area contributed by atoms with Crippen LogP contribution in [0.25, 0.3) is 11.0 Å². The Morgan fingerprint density at radius 3 is 2.93 bits per heavy atom. The molecular weight excluding hydrogens is 204 g/mol. The van der Waals surface area contributed by atoms with Crippen LogP contribution in [0, 0.1) is 0 Å². The highest BCUT2D eigenvalue weighted by Crippen LogP contribution is 2.23. The van der Waals surface area contributed by atoms with Gasteiger partial charge in [-0.15, -0.1) is 0 Å². The number of carbonyl (C=O) groups is 1. The minimum atomic E-state index is -0.489. The van der Waals surface area contributed by atoms with Crippen molar-refractivity contribution in [3.63, 3.8) is 0 Å². The lowest BCUT2D eigenvalue weighted by molar-refractivity contribution is 0.0567. The number of fused-ring (bicyclic) bond motifs is 1. The first-order chi connectivity index (χ1) is 6.70. The van der Waals surface area contributed by atoms with E-state index in [2.05, 4.69) is 4.74 Å². The predicted molar refractivity (Wildman–Crippen MR) is 52.6 cm³/mol. The van der Waals surface area contributed by atoms with Crippen molar-refractivity contribution in [2.45, 2.75) is 0 Å². The molecule has 3 nitrogen and oxygen atoms in total. The molecule has 0 spiro atoms. The second kappa shape index (κ2) is 3.35. The number of hydrogen-bond acceptors (Lipinski definition) is 3. The number of methoxy groups -OCH3 is 1. The van der Waals surface area contributed by atoms with Crippen LogP contribution >= 0.6 is 11.6 Å². The molecule has 4 heteroatoms. The number of benzene rings is 1. The van der Waals surface area contributed by atoms with Gasteiger partial charge in [-0.1, -0.05) is 11.6 Å². The molecule has 0 aliphatic carbocycles. The Morgan fingerprint density at radius 2 is 2.21 bits per heavy atom. The quantitative estimate of drug-likeness (QED) is 0.680. The number of hydrogen-bond donors (Lipinski definition) is 0. The topological polar surface area (TPSA) is 39.4 Å². The van der Waals surface area contributed by atoms with Crippen LogP contribution in [-0.4, -0.2) is 13.1 Å². The van der Waals surface area contributed by atoms with Crippen molar-refractivity contribution < 1.29 is 13.9 Å². The van der Waals surface area contributed by atoms with E-state index in [1.807, 2.05) is 0 Å². The third-order valence-electron chi connectivity index (χ3n) is 1.87. The fourth-order valence-corrected chi connectivity index (χ4v) is 1.37. The van der Waals surface area contributed by atoms with E-state index in [4.69, 9.17) is 16.0 Å². The van der Waals surface area contributed by atoms with Gasteiger partial charge in [0.25, 0.3) is 0 Å². The largest absolute Gasteiger partial charge is 0.463 e. The summed E-state index contributed by atoms with van der Waals surface area (Å²) in [5.41, 5.74) is 0.581. The molecule has 72 valence electrons. The molecule has 2 aromatic rings. The monoisotopic (exact) mass is 210 g/mol. The van der Waals surface area contributed by atoms with Crippen LogP contribution in [0.2, 0.25) is 5.02 Å². The Morgan fingerprint density at radius 1 is 1.43 bits per heavy atom. The number of halogens is 1. The van der Waals surface area contributed by atoms with E-state index >= 15 is 0 Å². The average Bonchev–Trinajstić information content (AvgIpc) is 2.59. The van der Waals surface area contributed by atoms with E-state index in [1.54, 1.807) is 24.3 Å². The van der Waals surface area contributed by atoms with Gasteiger partial charge < -0.3 is 9.15 Å². The van der Waals surface area contributed by atoms with Crippen LogP contribution in [0.5, 0.6) is 0 Å². The molecule has 0 saturated heterocycles. The molecule has 0 aliphatic rings. The second-order valence-electron chi connectivity index (χ2n) is 2.78. The van der Waals surface area contributed by atoms with Gasteiger partial charge in [-0.2, -0.15) is 0 Å². The van der Waals surface area contributed by atoms with Crippen LogP contribution in [0.15, 0.2) is 28.7 Å². The van der Waals surface area contributed by atoms with Gasteiger partial charge in [-0.3, -0.25) is 0 Å². The molecule has 1 aromatic heterocycles. The van der Waals surface area contributed by atoms with Crippen LogP contribution < -0.4 is 0 Å². The summed E-state index contributed by atoms with van der Waals surface area (Å²) in [4.78, 5) is 11.1. The number of esters is 1. The Bertz CT molecular complexity index is 487. The van der Waals surface area contributed by atoms with Crippen molar-refractivity contribution in [2.24, 2.45) is 0 Å². The summed E-state index contributed by atoms with van der Waals surface area (Å²) in [6.45, 7) is 0. The highest BCUT2D eigenvalue weighted by Gasteiger charge is 2.11. The van der Waals surface area contributed by atoms with Crippen molar-refractivity contribution in [1.29, 1.82) is 0 Å². The molecule has 0 amide bonds. The van der Waals surface area contributed by atoms with Crippen molar-refractivity contribution in [2.75, 3.05) is 7.11 Å². The molecule has 0 aliphatic heterocycles. The summed E-state index contributed by atoms with van der Waals surface area (Å²) in [5, 5.41) is 1.40. The summed E-state index contributed by atoms with van der Waals surface area (Å²) >= 11 is 5.77. The normalized spacial score (nSPS) is 10.4. The maximum absolute atomic E-state index is 11.1. The van der Waals surface area contributed by atoms with Gasteiger partial charge in [0.15, 0.2) is 0 Å². The molecule has 0 atom stereocenters. The van der Waals surface area contributed by atoms with Gasteiger partial charge in [-0.05, 0) is 18.2 Å². The number of rotatable bonds is 1. The molecular formula is C10H7ClO3. The highest BCUT2D eigenvalue weighted by atomic mass is 35.5. The van der Waals surface area contributed by atoms with Crippen LogP contribution in [0.1, 0.15) is 10.6 Å². The molecule has 14 heavy (non-hydrogen) atoms. The van der Waals surface area contributed by atoms with Crippen molar-refractivity contribution >= 4 is 28.5 Å². The standard InChI is InChI=1S/C10H7ClO3/c1-13-10(12)9-4-6-2-3-7(11)5-8(6)14-9/h2-5H,1H3. The maximum Gasteiger partial charge on any atom is 0.373 e. The Labute approximate surface area is 85.2 Å². The summed E-state index contributed by atoms with van der Waals surface area (Å²) in [7, 11) is 1.31. The summed E-state index contributed by atoms with van der Waals surface area (Å²) < 4.78 is 9.77. The zero-order valence-corrected chi connectivity index (χ0v) is 8.17. The zero-order valence-electron chi connectivity index (χ0n) is 7.41. The van der Waals surface area contributed by atoms with Crippen LogP contribution in [-0.2, 0) is 4.74 Å². The van der Waals surface area contributed by atoms with Gasteiger partial charge >= 0.3 is 5.97 Å². The first-order valence-electron chi connectivity index (χ1n) is 3.98. The van der Waals surface area contributed by atoms with E-state index in [-0.39, 0.29) is 5.76 Å². The van der Waals surface area contributed by atoms with E-state index in [1.165, 1.54) is 7.11 Å². The molecule has 0 bridgehead atoms. The van der Waals surface area contributed by atoms with Crippen molar-refractivity contribution in [3.8, 4) is 0 Å². The van der Waals surface area contributed by atoms with Crippen molar-refractivity contribution in [3.05, 3.63) is 35.0 Å². The summed E-state index contributed by atoms with van der Waals surface area (Å²) in [6, 6.07) is 6.80. The Hall–Kier alpha value is -1.48. The first-order valence-corrected chi connectivity index (χ1v) is 4.36. The maximum atomic E-state index is 11.1. The fourth-order valence-electron chi connectivity index (χ4n) is 1.21. The molecule has 0 N–H and O–H groups in total. The highest BCUT2D eigenvalue weighted by molar-refractivity contribution is 6.31. The molecule has 2 rings (SSSR count). The van der Waals surface area contributed by atoms with E-state index in [9.17, 15) is 4.79 Å². The molecule has 0 fully saturated rings. The minimum Gasteiger partial charge on any atom is -0.463 e. The number of ether oxygens (including phenoxy) is 1. The van der Waals surface area contributed by atoms with Gasteiger partial charge in [0.05, 0.1) is 7.11 Å². The molecule has 0 saturated carbocycles. The zero-order chi connectivity index (χ0) is 10.1. The Kier molecular flexibility index (Phi) is 2.17. The SMILES string of the molecule is COC(=O)c1cc2ccc(Cl)cc2o1. The fraction of sp³-hybridized carbons (Fsp3) is 0.100. The van der Waals surface area contributed by atoms with E-state index in [0.29, 0.717) is 10.6 Å². The molecule has 0 unspecified atom stereocenters. The number of carbonyl (C=O) groups excluding carboxylic acids is 1. The molecule has 0 radical (unpaired) electrons. The molecule has 1 heterocycles. The van der Waals surface area contributed by atoms with Crippen LogP contribution in [0.3, 0.4) is 0 Å². The van der Waals surface area contributed by atoms with E-state index < -0.39 is 5.97 Å². The predicted octanol–water partition coefficient (Wildman–Crippen LogP) is 2.87. The third-order valence-corrected chi connectivity index (χ3v) is 2.10. The van der Waals surface area contributed by atoms with Gasteiger partial charge in [0.2, 0.25) is 5.76 Å². The summed E-state index contributed by atoms with van der Waals surface area (Å²) in [6.07, 6.45) is 0. The minimum absolute atomic E-state index is 0.185. The lowest BCUT2D eigenvalue weighted by Crippen LogP contribution is -1.97. The van der Waals surface area contributed by atoms with Gasteiger partial charge in [0, 0.05) is 16.5 Å². The first kappa shape index (κ1) is 9.09. The van der Waals surface area contributed by atoms with Crippen LogP contribution in [0.4, 0.5) is 0 Å². The average molecular weight is 211 g/mol. The van der Waals surface area contributed by atoms with E-state index in [0.717, 1.165) is 5.39 Å². The number of furan rings is 1. The third kappa shape index (κ3) is 1.46. The lowest BCUT2D eigenvalue weighted by atomic mass is 10.2. The van der Waals surface area contributed by atoms with Crippen molar-refractivity contribution in [1.82, 2.24) is 0 Å². The smallest absolute Gasteiger partial charge is 0.373 e. The summed E-state index contributed by atoms with van der Waals surface area (Å²) in [5.74, 6) is -0.304. The molecule has 1 aromatic carbocycles. The van der Waals surface area contributed by atoms with Gasteiger partial charge in [0.1, 0.15) is 5.58 Å². The lowest BCUT2D eigenvalue weighted by Gasteiger charge is -1.91. The second-order valence-corrected chi connectivity index (χ2v) is 3.22. The Balaban J connectivity index is 2.56. The van der Waals surface area contributed by atoms with Gasteiger partial charge in [-0.25, -0.2) is 4.79 Å².